The van der Waals surface area contributed by atoms with Crippen molar-refractivity contribution in [2.75, 3.05) is 7.11 Å². The summed E-state index contributed by atoms with van der Waals surface area (Å²) in [4.78, 5) is 12.5. The van der Waals surface area contributed by atoms with Gasteiger partial charge in [-0.1, -0.05) is 27.5 Å². The lowest BCUT2D eigenvalue weighted by Gasteiger charge is -2.09. The van der Waals surface area contributed by atoms with E-state index in [1.54, 1.807) is 18.2 Å². The maximum Gasteiger partial charge on any atom is 0.196 e. The molecule has 2 aromatic rings. The average Bonchev–Trinajstić information content (AvgIpc) is 2.39. The second-order valence-electron chi connectivity index (χ2n) is 3.95. The summed E-state index contributed by atoms with van der Waals surface area (Å²) in [5.41, 5.74) is 0.649. The fraction of sp³-hybridized carbons (Fsp3) is 0.0714. The van der Waals surface area contributed by atoms with Gasteiger partial charge in [-0.2, -0.15) is 0 Å². The first-order valence-corrected chi connectivity index (χ1v) is 7.42. The zero-order valence-electron chi connectivity index (χ0n) is 10.2. The molecule has 0 saturated heterocycles. The van der Waals surface area contributed by atoms with Crippen LogP contribution in [0.15, 0.2) is 39.3 Å². The van der Waals surface area contributed by atoms with Crippen LogP contribution >= 0.6 is 43.5 Å². The van der Waals surface area contributed by atoms with Gasteiger partial charge in [0.15, 0.2) is 5.78 Å². The first kappa shape index (κ1) is 15.5. The van der Waals surface area contributed by atoms with E-state index in [1.165, 1.54) is 13.2 Å². The number of ketones is 1. The second-order valence-corrected chi connectivity index (χ2v) is 6.16. The van der Waals surface area contributed by atoms with Crippen molar-refractivity contribution in [1.29, 1.82) is 0 Å². The van der Waals surface area contributed by atoms with E-state index in [1.807, 2.05) is 0 Å². The number of rotatable bonds is 3. The van der Waals surface area contributed by atoms with E-state index in [0.29, 0.717) is 15.1 Å². The minimum Gasteiger partial charge on any atom is -0.496 e. The molecule has 0 aliphatic rings. The molecule has 0 aliphatic carbocycles. The maximum atomic E-state index is 13.5. The third-order valence-electron chi connectivity index (χ3n) is 2.61. The molecule has 0 amide bonds. The summed E-state index contributed by atoms with van der Waals surface area (Å²) < 4.78 is 19.4. The van der Waals surface area contributed by atoms with Crippen LogP contribution in [-0.4, -0.2) is 12.9 Å². The molecule has 0 N–H and O–H groups in total. The molecule has 0 radical (unpaired) electrons. The molecule has 0 bridgehead atoms. The van der Waals surface area contributed by atoms with Gasteiger partial charge < -0.3 is 4.74 Å². The zero-order chi connectivity index (χ0) is 14.9. The monoisotopic (exact) mass is 420 g/mol. The number of carbonyl (C=O) groups is 1. The Morgan fingerprint density at radius 1 is 1.20 bits per heavy atom. The smallest absolute Gasteiger partial charge is 0.196 e. The molecule has 104 valence electrons. The summed E-state index contributed by atoms with van der Waals surface area (Å²) in [5, 5.41) is 0.433. The van der Waals surface area contributed by atoms with Crippen LogP contribution in [-0.2, 0) is 0 Å². The SMILES string of the molecule is COc1cc(F)c(Br)cc1C(=O)c1cc(Cl)cc(Br)c1. The lowest BCUT2D eigenvalue weighted by atomic mass is 10.0. The zero-order valence-corrected chi connectivity index (χ0v) is 14.1. The van der Waals surface area contributed by atoms with E-state index < -0.39 is 5.82 Å². The van der Waals surface area contributed by atoms with Crippen LogP contribution < -0.4 is 4.74 Å². The molecule has 0 unspecified atom stereocenters. The summed E-state index contributed by atoms with van der Waals surface area (Å²) >= 11 is 12.3. The highest BCUT2D eigenvalue weighted by Gasteiger charge is 2.18. The van der Waals surface area contributed by atoms with Crippen molar-refractivity contribution in [3.63, 3.8) is 0 Å². The van der Waals surface area contributed by atoms with Crippen LogP contribution in [0.2, 0.25) is 5.02 Å². The first-order chi connectivity index (χ1) is 9.42. The van der Waals surface area contributed by atoms with E-state index in [9.17, 15) is 9.18 Å². The number of halogens is 4. The van der Waals surface area contributed by atoms with Crippen LogP contribution in [0.1, 0.15) is 15.9 Å². The van der Waals surface area contributed by atoms with Gasteiger partial charge >= 0.3 is 0 Å². The predicted octanol–water partition coefficient (Wildman–Crippen LogP) is 5.24. The van der Waals surface area contributed by atoms with Gasteiger partial charge in [-0.05, 0) is 40.2 Å². The Kier molecular flexibility index (Phi) is 4.83. The lowest BCUT2D eigenvalue weighted by Crippen LogP contribution is -2.05. The van der Waals surface area contributed by atoms with Gasteiger partial charge in [0.1, 0.15) is 11.6 Å². The Morgan fingerprint density at radius 3 is 2.50 bits per heavy atom. The van der Waals surface area contributed by atoms with Gasteiger partial charge in [-0.3, -0.25) is 4.79 Å². The minimum absolute atomic E-state index is 0.173. The topological polar surface area (TPSA) is 26.3 Å². The molecule has 0 saturated carbocycles. The molecule has 0 fully saturated rings. The number of methoxy groups -OCH3 is 1. The van der Waals surface area contributed by atoms with Crippen molar-refractivity contribution in [1.82, 2.24) is 0 Å². The standard InChI is InChI=1S/C14H8Br2ClFO2/c1-20-13-6-12(18)11(16)5-10(13)14(19)7-2-8(15)4-9(17)3-7/h2-6H,1H3. The number of carbonyl (C=O) groups excluding carboxylic acids is 1. The van der Waals surface area contributed by atoms with Crippen LogP contribution in [0, 0.1) is 5.82 Å². The third kappa shape index (κ3) is 3.22. The molecule has 6 heteroatoms. The lowest BCUT2D eigenvalue weighted by molar-refractivity contribution is 0.103. The Labute approximate surface area is 137 Å². The second kappa shape index (κ2) is 6.24. The van der Waals surface area contributed by atoms with Gasteiger partial charge in [0.25, 0.3) is 0 Å². The molecular weight excluding hydrogens is 414 g/mol. The van der Waals surface area contributed by atoms with E-state index in [-0.39, 0.29) is 21.6 Å². The van der Waals surface area contributed by atoms with Gasteiger partial charge in [0.2, 0.25) is 0 Å². The van der Waals surface area contributed by atoms with Crippen LogP contribution in [0.5, 0.6) is 5.75 Å². The van der Waals surface area contributed by atoms with E-state index in [2.05, 4.69) is 31.9 Å². The number of benzene rings is 2. The number of ether oxygens (including phenoxy) is 1. The Hall–Kier alpha value is -0.910. The highest BCUT2D eigenvalue weighted by Crippen LogP contribution is 2.29. The highest BCUT2D eigenvalue weighted by molar-refractivity contribution is 9.10. The van der Waals surface area contributed by atoms with Crippen molar-refractivity contribution in [3.05, 3.63) is 61.2 Å². The van der Waals surface area contributed by atoms with Crippen LogP contribution in [0.3, 0.4) is 0 Å². The first-order valence-electron chi connectivity index (χ1n) is 5.46. The Balaban J connectivity index is 2.55. The number of hydrogen-bond donors (Lipinski definition) is 0. The summed E-state index contributed by atoms with van der Waals surface area (Å²) in [6.07, 6.45) is 0. The molecule has 0 spiro atoms. The van der Waals surface area contributed by atoms with Crippen molar-refractivity contribution in [2.24, 2.45) is 0 Å². The van der Waals surface area contributed by atoms with E-state index in [0.717, 1.165) is 6.07 Å². The molecule has 0 aromatic heterocycles. The summed E-state index contributed by atoms with van der Waals surface area (Å²) in [7, 11) is 1.38. The molecule has 2 aromatic carbocycles. The number of hydrogen-bond acceptors (Lipinski definition) is 2. The summed E-state index contributed by atoms with van der Waals surface area (Å²) in [6.45, 7) is 0. The predicted molar refractivity (Wildman–Crippen MR) is 83.2 cm³/mol. The quantitative estimate of drug-likeness (QED) is 0.632. The minimum atomic E-state index is -0.495. The van der Waals surface area contributed by atoms with Crippen LogP contribution in [0.25, 0.3) is 0 Å². The summed E-state index contributed by atoms with van der Waals surface area (Å²) in [6, 6.07) is 7.43. The maximum absolute atomic E-state index is 13.5. The highest BCUT2D eigenvalue weighted by atomic mass is 79.9. The van der Waals surface area contributed by atoms with Crippen molar-refractivity contribution in [2.45, 2.75) is 0 Å². The fourth-order valence-corrected chi connectivity index (χ4v) is 2.92. The van der Waals surface area contributed by atoms with Crippen LogP contribution in [0.4, 0.5) is 4.39 Å². The fourth-order valence-electron chi connectivity index (χ4n) is 1.72. The molecule has 2 nitrogen and oxygen atoms in total. The third-order valence-corrected chi connectivity index (χ3v) is 3.90. The Bertz CT molecular complexity index is 669. The Morgan fingerprint density at radius 2 is 1.90 bits per heavy atom. The average molecular weight is 422 g/mol. The molecule has 0 aliphatic heterocycles. The van der Waals surface area contributed by atoms with Gasteiger partial charge in [0.05, 0.1) is 17.1 Å². The molecule has 20 heavy (non-hydrogen) atoms. The van der Waals surface area contributed by atoms with Gasteiger partial charge in [0, 0.05) is 21.1 Å². The van der Waals surface area contributed by atoms with Crippen molar-refractivity contribution in [3.8, 4) is 5.75 Å². The largest absolute Gasteiger partial charge is 0.496 e. The molecule has 0 atom stereocenters. The van der Waals surface area contributed by atoms with Gasteiger partial charge in [-0.15, -0.1) is 0 Å². The van der Waals surface area contributed by atoms with Crippen molar-refractivity contribution < 1.29 is 13.9 Å². The van der Waals surface area contributed by atoms with E-state index in [4.69, 9.17) is 16.3 Å². The molecule has 0 heterocycles. The molecule has 2 rings (SSSR count). The normalized spacial score (nSPS) is 10.4. The van der Waals surface area contributed by atoms with Crippen molar-refractivity contribution >= 4 is 49.2 Å². The molecular formula is C14H8Br2ClFO2. The van der Waals surface area contributed by atoms with E-state index >= 15 is 0 Å². The summed E-state index contributed by atoms with van der Waals surface area (Å²) in [5.74, 6) is -0.622. The van der Waals surface area contributed by atoms with Gasteiger partial charge in [-0.25, -0.2) is 4.39 Å².